The second-order valence-electron chi connectivity index (χ2n) is 5.49. The van der Waals surface area contributed by atoms with Crippen LogP contribution in [-0.4, -0.2) is 0 Å². The predicted molar refractivity (Wildman–Crippen MR) is 75.8 cm³/mol. The van der Waals surface area contributed by atoms with Crippen molar-refractivity contribution in [3.63, 3.8) is 0 Å². The van der Waals surface area contributed by atoms with Crippen molar-refractivity contribution in [2.24, 2.45) is 11.8 Å². The Morgan fingerprint density at radius 2 is 1.31 bits per heavy atom. The summed E-state index contributed by atoms with van der Waals surface area (Å²) in [4.78, 5) is 0. The van der Waals surface area contributed by atoms with Crippen molar-refractivity contribution < 1.29 is 0 Å². The molecule has 0 saturated carbocycles. The second kappa shape index (κ2) is 11.5. The Labute approximate surface area is 104 Å². The summed E-state index contributed by atoms with van der Waals surface area (Å²) in [7, 11) is 0. The van der Waals surface area contributed by atoms with Gasteiger partial charge in [-0.05, 0) is 11.8 Å². The topological polar surface area (TPSA) is 0 Å². The highest BCUT2D eigenvalue weighted by Gasteiger charge is 2.14. The molecule has 0 aliphatic carbocycles. The Bertz CT molecular complexity index is 128. The molecule has 0 aromatic rings. The van der Waals surface area contributed by atoms with Gasteiger partial charge in [-0.2, -0.15) is 0 Å². The van der Waals surface area contributed by atoms with E-state index in [1.165, 1.54) is 64.2 Å². The van der Waals surface area contributed by atoms with Gasteiger partial charge in [0, 0.05) is 0 Å². The van der Waals surface area contributed by atoms with Crippen LogP contribution in [0.3, 0.4) is 0 Å². The van der Waals surface area contributed by atoms with Gasteiger partial charge in [0.15, 0.2) is 0 Å². The largest absolute Gasteiger partial charge is 0.0654 e. The van der Waals surface area contributed by atoms with E-state index >= 15 is 0 Å². The van der Waals surface area contributed by atoms with E-state index in [1.54, 1.807) is 0 Å². The Morgan fingerprint density at radius 1 is 0.688 bits per heavy atom. The lowest BCUT2D eigenvalue weighted by atomic mass is 9.84. The molecule has 0 bridgehead atoms. The molecular formula is C16H34. The van der Waals surface area contributed by atoms with Crippen LogP contribution >= 0.6 is 0 Å². The van der Waals surface area contributed by atoms with Gasteiger partial charge in [0.25, 0.3) is 0 Å². The number of unbranched alkanes of at least 4 members (excludes halogenated alkanes) is 5. The average molecular weight is 226 g/mol. The lowest BCUT2D eigenvalue weighted by Crippen LogP contribution is -2.11. The first-order valence-electron chi connectivity index (χ1n) is 7.76. The molecule has 0 amide bonds. The van der Waals surface area contributed by atoms with Crippen molar-refractivity contribution >= 4 is 0 Å². The smallest absolute Gasteiger partial charge is 0.0391 e. The maximum atomic E-state index is 2.47. The first-order chi connectivity index (χ1) is 7.76. The number of hydrogen-bond donors (Lipinski definition) is 0. The monoisotopic (exact) mass is 226 g/mol. The zero-order valence-electron chi connectivity index (χ0n) is 12.2. The minimum absolute atomic E-state index is 0.955. The maximum Gasteiger partial charge on any atom is -0.0391 e. The summed E-state index contributed by atoms with van der Waals surface area (Å²) in [5, 5.41) is 0. The zero-order chi connectivity index (χ0) is 12.2. The van der Waals surface area contributed by atoms with E-state index in [2.05, 4.69) is 27.7 Å². The third kappa shape index (κ3) is 8.19. The van der Waals surface area contributed by atoms with Crippen molar-refractivity contribution in [1.82, 2.24) is 0 Å². The number of hydrogen-bond acceptors (Lipinski definition) is 0. The molecule has 0 aromatic carbocycles. The molecule has 0 rings (SSSR count). The fourth-order valence-electron chi connectivity index (χ4n) is 2.66. The van der Waals surface area contributed by atoms with E-state index < -0.39 is 0 Å². The molecule has 0 aromatic heterocycles. The first kappa shape index (κ1) is 16.0. The molecule has 0 aliphatic rings. The SMILES string of the molecule is CCCCCCCC(CC)C(C)CCCC. The zero-order valence-corrected chi connectivity index (χ0v) is 12.2. The van der Waals surface area contributed by atoms with Crippen LogP contribution in [0, 0.1) is 11.8 Å². The molecule has 0 fully saturated rings. The molecular weight excluding hydrogens is 192 g/mol. The summed E-state index contributed by atoms with van der Waals surface area (Å²) in [5.74, 6) is 1.95. The van der Waals surface area contributed by atoms with Gasteiger partial charge in [0.2, 0.25) is 0 Å². The van der Waals surface area contributed by atoms with Crippen LogP contribution in [0.5, 0.6) is 0 Å². The molecule has 0 radical (unpaired) electrons. The van der Waals surface area contributed by atoms with E-state index in [9.17, 15) is 0 Å². The minimum atomic E-state index is 0.955. The van der Waals surface area contributed by atoms with Gasteiger partial charge in [0.1, 0.15) is 0 Å². The molecule has 0 spiro atoms. The van der Waals surface area contributed by atoms with Crippen LogP contribution < -0.4 is 0 Å². The quantitative estimate of drug-likeness (QED) is 0.368. The van der Waals surface area contributed by atoms with E-state index in [4.69, 9.17) is 0 Å². The highest BCUT2D eigenvalue weighted by atomic mass is 14.2. The van der Waals surface area contributed by atoms with Gasteiger partial charge < -0.3 is 0 Å². The summed E-state index contributed by atoms with van der Waals surface area (Å²) >= 11 is 0. The van der Waals surface area contributed by atoms with Crippen LogP contribution in [0.25, 0.3) is 0 Å². The van der Waals surface area contributed by atoms with Gasteiger partial charge in [-0.15, -0.1) is 0 Å². The molecule has 0 N–H and O–H groups in total. The molecule has 0 heteroatoms. The third-order valence-corrected chi connectivity index (χ3v) is 4.02. The highest BCUT2D eigenvalue weighted by molar-refractivity contribution is 4.65. The highest BCUT2D eigenvalue weighted by Crippen LogP contribution is 2.26. The van der Waals surface area contributed by atoms with Crippen molar-refractivity contribution in [2.75, 3.05) is 0 Å². The van der Waals surface area contributed by atoms with Gasteiger partial charge in [0.05, 0.1) is 0 Å². The van der Waals surface area contributed by atoms with Crippen LogP contribution in [-0.2, 0) is 0 Å². The lowest BCUT2D eigenvalue weighted by molar-refractivity contribution is 0.293. The third-order valence-electron chi connectivity index (χ3n) is 4.02. The Balaban J connectivity index is 3.56. The summed E-state index contributed by atoms with van der Waals surface area (Å²) in [6.45, 7) is 9.44. The fraction of sp³-hybridized carbons (Fsp3) is 1.00. The van der Waals surface area contributed by atoms with Gasteiger partial charge in [-0.3, -0.25) is 0 Å². The van der Waals surface area contributed by atoms with Crippen molar-refractivity contribution in [3.8, 4) is 0 Å². The molecule has 0 nitrogen and oxygen atoms in total. The van der Waals surface area contributed by atoms with Crippen LogP contribution in [0.15, 0.2) is 0 Å². The lowest BCUT2D eigenvalue weighted by Gasteiger charge is -2.22. The predicted octanol–water partition coefficient (Wildman–Crippen LogP) is 6.20. The Morgan fingerprint density at radius 3 is 1.88 bits per heavy atom. The molecule has 0 saturated heterocycles. The van der Waals surface area contributed by atoms with Crippen LogP contribution in [0.2, 0.25) is 0 Å². The van der Waals surface area contributed by atoms with E-state index in [0.717, 1.165) is 11.8 Å². The molecule has 98 valence electrons. The van der Waals surface area contributed by atoms with Crippen LogP contribution in [0.1, 0.15) is 91.9 Å². The van der Waals surface area contributed by atoms with Crippen LogP contribution in [0.4, 0.5) is 0 Å². The van der Waals surface area contributed by atoms with Crippen molar-refractivity contribution in [2.45, 2.75) is 91.9 Å². The molecule has 2 atom stereocenters. The summed E-state index contributed by atoms with van der Waals surface area (Å²) < 4.78 is 0. The van der Waals surface area contributed by atoms with Gasteiger partial charge >= 0.3 is 0 Å². The minimum Gasteiger partial charge on any atom is -0.0654 e. The average Bonchev–Trinajstić information content (AvgIpc) is 2.31. The Kier molecular flexibility index (Phi) is 11.5. The summed E-state index contributed by atoms with van der Waals surface area (Å²) in [6, 6.07) is 0. The molecule has 16 heavy (non-hydrogen) atoms. The Hall–Kier alpha value is 0. The van der Waals surface area contributed by atoms with E-state index in [-0.39, 0.29) is 0 Å². The standard InChI is InChI=1S/C16H34/c1-5-8-10-11-12-14-16(7-3)15(4)13-9-6-2/h15-16H,5-14H2,1-4H3. The first-order valence-corrected chi connectivity index (χ1v) is 7.76. The van der Waals surface area contributed by atoms with Gasteiger partial charge in [-0.1, -0.05) is 91.9 Å². The van der Waals surface area contributed by atoms with E-state index in [1.807, 2.05) is 0 Å². The van der Waals surface area contributed by atoms with Crippen molar-refractivity contribution in [1.29, 1.82) is 0 Å². The number of rotatable bonds is 11. The summed E-state index contributed by atoms with van der Waals surface area (Å²) in [6.07, 6.45) is 14.3. The molecule has 0 heterocycles. The second-order valence-corrected chi connectivity index (χ2v) is 5.49. The fourth-order valence-corrected chi connectivity index (χ4v) is 2.66. The summed E-state index contributed by atoms with van der Waals surface area (Å²) in [5.41, 5.74) is 0. The van der Waals surface area contributed by atoms with Crippen molar-refractivity contribution in [3.05, 3.63) is 0 Å². The van der Waals surface area contributed by atoms with Gasteiger partial charge in [-0.25, -0.2) is 0 Å². The molecule has 0 aliphatic heterocycles. The molecule has 2 unspecified atom stereocenters. The van der Waals surface area contributed by atoms with E-state index in [0.29, 0.717) is 0 Å². The maximum absolute atomic E-state index is 2.47. The normalized spacial score (nSPS) is 15.0.